The quantitative estimate of drug-likeness (QED) is 0.183. The van der Waals surface area contributed by atoms with E-state index in [1.165, 1.54) is 30.1 Å². The van der Waals surface area contributed by atoms with Crippen molar-refractivity contribution in [2.75, 3.05) is 22.9 Å². The highest BCUT2D eigenvalue weighted by Gasteiger charge is 2.15. The molecule has 4 aromatic rings. The third-order valence-corrected chi connectivity index (χ3v) is 6.95. The van der Waals surface area contributed by atoms with Crippen molar-refractivity contribution in [3.63, 3.8) is 0 Å². The average Bonchev–Trinajstić information content (AvgIpc) is 2.88. The summed E-state index contributed by atoms with van der Waals surface area (Å²) in [6, 6.07) is 19.8. The summed E-state index contributed by atoms with van der Waals surface area (Å²) in [4.78, 5) is 25.1. The molecular weight excluding hydrogens is 486 g/mol. The van der Waals surface area contributed by atoms with Gasteiger partial charge in [0.1, 0.15) is 17.4 Å². The third kappa shape index (κ3) is 6.55. The van der Waals surface area contributed by atoms with E-state index < -0.39 is 10.0 Å². The normalized spacial score (nSPS) is 11.0. The Hall–Kier alpha value is -3.96. The van der Waals surface area contributed by atoms with E-state index in [9.17, 15) is 13.2 Å². The molecule has 178 valence electrons. The SMILES string of the molecule is COc1ccc(C(=O)CSc2nccc(Nc3ccc(S(=O)(=O)Nc4ccccn4)cc3)n2)cc1. The number of aromatic nitrogens is 3. The van der Waals surface area contributed by atoms with Crippen LogP contribution in [0.5, 0.6) is 5.75 Å². The fourth-order valence-corrected chi connectivity index (χ4v) is 4.69. The van der Waals surface area contributed by atoms with Gasteiger partial charge in [0.25, 0.3) is 10.0 Å². The number of rotatable bonds is 10. The molecule has 4 rings (SSSR count). The second kappa shape index (κ2) is 11.0. The Labute approximate surface area is 207 Å². The number of anilines is 3. The van der Waals surface area contributed by atoms with Gasteiger partial charge in [0.05, 0.1) is 17.8 Å². The number of hydrogen-bond donors (Lipinski definition) is 2. The molecule has 0 spiro atoms. The predicted molar refractivity (Wildman–Crippen MR) is 135 cm³/mol. The van der Waals surface area contributed by atoms with E-state index in [1.807, 2.05) is 0 Å². The number of nitrogens with zero attached hydrogens (tertiary/aromatic N) is 3. The number of ether oxygens (including phenoxy) is 1. The lowest BCUT2D eigenvalue weighted by atomic mass is 10.1. The van der Waals surface area contributed by atoms with Crippen LogP contribution >= 0.6 is 11.8 Å². The highest BCUT2D eigenvalue weighted by Crippen LogP contribution is 2.22. The molecule has 2 aromatic heterocycles. The van der Waals surface area contributed by atoms with E-state index in [1.54, 1.807) is 74.0 Å². The van der Waals surface area contributed by atoms with Crippen molar-refractivity contribution in [2.24, 2.45) is 0 Å². The molecule has 0 amide bonds. The molecule has 0 bridgehead atoms. The molecule has 2 N–H and O–H groups in total. The Morgan fingerprint density at radius 3 is 2.37 bits per heavy atom. The largest absolute Gasteiger partial charge is 0.497 e. The van der Waals surface area contributed by atoms with Gasteiger partial charge in [0, 0.05) is 23.6 Å². The molecule has 0 aliphatic heterocycles. The molecule has 0 atom stereocenters. The van der Waals surface area contributed by atoms with Crippen LogP contribution in [0.25, 0.3) is 0 Å². The van der Waals surface area contributed by atoms with Crippen LogP contribution in [0.3, 0.4) is 0 Å². The molecule has 35 heavy (non-hydrogen) atoms. The zero-order valence-electron chi connectivity index (χ0n) is 18.6. The lowest BCUT2D eigenvalue weighted by Crippen LogP contribution is -2.13. The van der Waals surface area contributed by atoms with Gasteiger partial charge < -0.3 is 10.1 Å². The molecule has 0 fully saturated rings. The molecule has 0 unspecified atom stereocenters. The molecule has 0 saturated heterocycles. The number of nitrogens with one attached hydrogen (secondary N) is 2. The smallest absolute Gasteiger partial charge is 0.263 e. The summed E-state index contributed by atoms with van der Waals surface area (Å²) >= 11 is 1.23. The first kappa shape index (κ1) is 24.2. The Morgan fingerprint density at radius 1 is 0.914 bits per heavy atom. The van der Waals surface area contributed by atoms with Gasteiger partial charge in [-0.3, -0.25) is 9.52 Å². The molecule has 0 aliphatic carbocycles. The number of sulfonamides is 1. The maximum Gasteiger partial charge on any atom is 0.263 e. The maximum absolute atomic E-state index is 12.5. The predicted octanol–water partition coefficient (Wildman–Crippen LogP) is 4.40. The number of ketones is 1. The minimum absolute atomic E-state index is 0.0456. The second-order valence-electron chi connectivity index (χ2n) is 7.13. The summed E-state index contributed by atoms with van der Waals surface area (Å²) in [6.45, 7) is 0. The minimum atomic E-state index is -3.76. The molecule has 2 aromatic carbocycles. The average molecular weight is 508 g/mol. The number of benzene rings is 2. The summed E-state index contributed by atoms with van der Waals surface area (Å²) in [5.74, 6) is 1.58. The van der Waals surface area contributed by atoms with Crippen LogP contribution in [0.1, 0.15) is 10.4 Å². The third-order valence-electron chi connectivity index (χ3n) is 4.72. The van der Waals surface area contributed by atoms with Crippen LogP contribution in [0.4, 0.5) is 17.3 Å². The summed E-state index contributed by atoms with van der Waals surface area (Å²) in [5.41, 5.74) is 1.23. The van der Waals surface area contributed by atoms with Crippen LogP contribution < -0.4 is 14.8 Å². The summed E-state index contributed by atoms with van der Waals surface area (Å²) in [5, 5.41) is 3.55. The first-order valence-electron chi connectivity index (χ1n) is 10.4. The summed E-state index contributed by atoms with van der Waals surface area (Å²) in [6.07, 6.45) is 3.10. The number of carbonyl (C=O) groups excluding carboxylic acids is 1. The van der Waals surface area contributed by atoms with Gasteiger partial charge >= 0.3 is 0 Å². The van der Waals surface area contributed by atoms with Crippen molar-refractivity contribution in [1.82, 2.24) is 15.0 Å². The topological polar surface area (TPSA) is 123 Å². The van der Waals surface area contributed by atoms with Crippen molar-refractivity contribution in [1.29, 1.82) is 0 Å². The Bertz CT molecular complexity index is 1400. The van der Waals surface area contributed by atoms with Gasteiger partial charge in [-0.25, -0.2) is 23.4 Å². The first-order valence-corrected chi connectivity index (χ1v) is 12.8. The van der Waals surface area contributed by atoms with Gasteiger partial charge in [-0.15, -0.1) is 0 Å². The van der Waals surface area contributed by atoms with E-state index in [0.717, 1.165) is 0 Å². The fourth-order valence-electron chi connectivity index (χ4n) is 2.96. The van der Waals surface area contributed by atoms with Gasteiger partial charge in [-0.2, -0.15) is 0 Å². The van der Waals surface area contributed by atoms with Crippen molar-refractivity contribution < 1.29 is 17.9 Å². The molecular formula is C24H21N5O4S2. The van der Waals surface area contributed by atoms with Crippen LogP contribution in [-0.2, 0) is 10.0 Å². The van der Waals surface area contributed by atoms with Crippen LogP contribution in [-0.4, -0.2) is 42.0 Å². The number of pyridine rings is 1. The monoisotopic (exact) mass is 507 g/mol. The van der Waals surface area contributed by atoms with Crippen LogP contribution in [0.2, 0.25) is 0 Å². The lowest BCUT2D eigenvalue weighted by molar-refractivity contribution is 0.102. The zero-order valence-corrected chi connectivity index (χ0v) is 20.2. The van der Waals surface area contributed by atoms with E-state index in [4.69, 9.17) is 4.74 Å². The highest BCUT2D eigenvalue weighted by molar-refractivity contribution is 7.99. The van der Waals surface area contributed by atoms with Crippen LogP contribution in [0, 0.1) is 0 Å². The molecule has 2 heterocycles. The number of hydrogen-bond acceptors (Lipinski definition) is 9. The van der Waals surface area contributed by atoms with E-state index >= 15 is 0 Å². The Kier molecular flexibility index (Phi) is 7.58. The number of Topliss-reactive ketones (excluding diaryl/α,β-unsaturated/α-hetero) is 1. The maximum atomic E-state index is 12.5. The van der Waals surface area contributed by atoms with E-state index in [-0.39, 0.29) is 22.2 Å². The Balaban J connectivity index is 1.37. The van der Waals surface area contributed by atoms with Gasteiger partial charge in [-0.1, -0.05) is 17.8 Å². The Morgan fingerprint density at radius 2 is 1.69 bits per heavy atom. The van der Waals surface area contributed by atoms with Gasteiger partial charge in [0.2, 0.25) is 0 Å². The highest BCUT2D eigenvalue weighted by atomic mass is 32.2. The van der Waals surface area contributed by atoms with Gasteiger partial charge in [-0.05, 0) is 66.7 Å². The van der Waals surface area contributed by atoms with Crippen LogP contribution in [0.15, 0.2) is 95.2 Å². The summed E-state index contributed by atoms with van der Waals surface area (Å²) < 4.78 is 32.6. The lowest BCUT2D eigenvalue weighted by Gasteiger charge is -2.09. The van der Waals surface area contributed by atoms with Crippen molar-refractivity contribution in [3.05, 3.63) is 90.8 Å². The van der Waals surface area contributed by atoms with E-state index in [0.29, 0.717) is 28.0 Å². The molecule has 0 saturated carbocycles. The first-order chi connectivity index (χ1) is 16.9. The number of methoxy groups -OCH3 is 1. The standard InChI is InChI=1S/C24H21N5O4S2/c1-33-19-9-5-17(6-10-19)21(30)16-34-24-26-15-13-23(28-24)27-18-7-11-20(12-8-18)35(31,32)29-22-4-2-3-14-25-22/h2-15H,16H2,1H3,(H,25,29)(H,26,27,28). The zero-order chi connectivity index (χ0) is 24.7. The van der Waals surface area contributed by atoms with E-state index in [2.05, 4.69) is 25.0 Å². The second-order valence-corrected chi connectivity index (χ2v) is 9.76. The number of thioether (sulfide) groups is 1. The number of carbonyl (C=O) groups is 1. The molecule has 0 radical (unpaired) electrons. The van der Waals surface area contributed by atoms with Crippen molar-refractivity contribution in [3.8, 4) is 5.75 Å². The molecule has 9 nitrogen and oxygen atoms in total. The van der Waals surface area contributed by atoms with Crippen molar-refractivity contribution in [2.45, 2.75) is 10.1 Å². The molecule has 11 heteroatoms. The fraction of sp³-hybridized carbons (Fsp3) is 0.0833. The van der Waals surface area contributed by atoms with Gasteiger partial charge in [0.15, 0.2) is 10.9 Å². The minimum Gasteiger partial charge on any atom is -0.497 e. The van der Waals surface area contributed by atoms with Crippen molar-refractivity contribution >= 4 is 44.9 Å². The summed E-state index contributed by atoms with van der Waals surface area (Å²) in [7, 11) is -2.19. The molecule has 0 aliphatic rings.